The number of amides is 1. The zero-order chi connectivity index (χ0) is 17.6. The van der Waals surface area contributed by atoms with Crippen molar-refractivity contribution in [3.8, 4) is 0 Å². The fourth-order valence-electron chi connectivity index (χ4n) is 3.32. The van der Waals surface area contributed by atoms with Crippen LogP contribution in [0, 0.1) is 0 Å². The lowest BCUT2D eigenvalue weighted by atomic mass is 9.91. The minimum Gasteiger partial charge on any atom is -0.380 e. The number of piperazine rings is 1. The second-order valence-corrected chi connectivity index (χ2v) is 6.61. The Balaban J connectivity index is 2.01. The van der Waals surface area contributed by atoms with Crippen LogP contribution >= 0.6 is 0 Å². The Kier molecular flexibility index (Phi) is 6.78. The lowest BCUT2D eigenvalue weighted by Gasteiger charge is -2.43. The summed E-state index contributed by atoms with van der Waals surface area (Å²) in [5.74, 6) is 0.0107. The van der Waals surface area contributed by atoms with Gasteiger partial charge in [0.1, 0.15) is 5.54 Å². The van der Waals surface area contributed by atoms with Crippen LogP contribution in [0.5, 0.6) is 0 Å². The Labute approximate surface area is 145 Å². The quantitative estimate of drug-likeness (QED) is 0.773. The molecule has 1 heterocycles. The molecule has 0 radical (unpaired) electrons. The minimum atomic E-state index is -0.979. The van der Waals surface area contributed by atoms with Crippen molar-refractivity contribution in [1.82, 2.24) is 9.80 Å². The zero-order valence-electron chi connectivity index (χ0n) is 15.2. The van der Waals surface area contributed by atoms with E-state index in [-0.39, 0.29) is 5.91 Å². The van der Waals surface area contributed by atoms with Gasteiger partial charge in [0.05, 0.1) is 6.61 Å². The van der Waals surface area contributed by atoms with Crippen molar-refractivity contribution in [2.24, 2.45) is 5.73 Å². The molecule has 5 heteroatoms. The monoisotopic (exact) mass is 333 g/mol. The van der Waals surface area contributed by atoms with Crippen LogP contribution in [-0.4, -0.2) is 61.1 Å². The van der Waals surface area contributed by atoms with E-state index < -0.39 is 5.54 Å². The Hall–Kier alpha value is -1.43. The summed E-state index contributed by atoms with van der Waals surface area (Å²) in [5, 5.41) is 0. The number of nitrogens with zero attached hydrogens (tertiary/aromatic N) is 2. The van der Waals surface area contributed by atoms with E-state index in [2.05, 4.69) is 11.8 Å². The molecule has 0 aliphatic carbocycles. The highest BCUT2D eigenvalue weighted by atomic mass is 16.5. The molecule has 1 fully saturated rings. The summed E-state index contributed by atoms with van der Waals surface area (Å²) < 4.78 is 5.47. The molecule has 2 rings (SSSR count). The summed E-state index contributed by atoms with van der Waals surface area (Å²) in [6.07, 6.45) is 1.02. The maximum absolute atomic E-state index is 13.0. The van der Waals surface area contributed by atoms with Crippen LogP contribution in [0.25, 0.3) is 0 Å². The van der Waals surface area contributed by atoms with Crippen molar-refractivity contribution < 1.29 is 9.53 Å². The second kappa shape index (κ2) is 8.60. The predicted molar refractivity (Wildman–Crippen MR) is 96.7 cm³/mol. The third-order valence-corrected chi connectivity index (χ3v) is 4.91. The van der Waals surface area contributed by atoms with Crippen LogP contribution in [0.15, 0.2) is 30.3 Å². The van der Waals surface area contributed by atoms with Crippen molar-refractivity contribution in [3.63, 3.8) is 0 Å². The van der Waals surface area contributed by atoms with Crippen LogP contribution in [0.4, 0.5) is 0 Å². The topological polar surface area (TPSA) is 58.8 Å². The highest BCUT2D eigenvalue weighted by molar-refractivity contribution is 5.87. The van der Waals surface area contributed by atoms with Gasteiger partial charge in [-0.15, -0.1) is 0 Å². The maximum Gasteiger partial charge on any atom is 0.247 e. The molecule has 0 aromatic heterocycles. The summed E-state index contributed by atoms with van der Waals surface area (Å²) in [6.45, 7) is 10.8. The summed E-state index contributed by atoms with van der Waals surface area (Å²) in [5.41, 5.74) is 6.29. The molecule has 1 amide bonds. The van der Waals surface area contributed by atoms with Crippen LogP contribution in [0.1, 0.15) is 32.8 Å². The molecule has 1 aliphatic heterocycles. The van der Waals surface area contributed by atoms with Gasteiger partial charge in [-0.1, -0.05) is 37.3 Å². The van der Waals surface area contributed by atoms with Gasteiger partial charge in [0.15, 0.2) is 0 Å². The van der Waals surface area contributed by atoms with E-state index in [1.807, 2.05) is 49.1 Å². The van der Waals surface area contributed by atoms with E-state index in [1.54, 1.807) is 0 Å². The van der Waals surface area contributed by atoms with Gasteiger partial charge < -0.3 is 15.4 Å². The summed E-state index contributed by atoms with van der Waals surface area (Å²) in [6, 6.07) is 10.0. The zero-order valence-corrected chi connectivity index (χ0v) is 15.2. The first-order chi connectivity index (χ1) is 11.5. The fourth-order valence-corrected chi connectivity index (χ4v) is 3.32. The average molecular weight is 333 g/mol. The first-order valence-electron chi connectivity index (χ1n) is 8.96. The van der Waals surface area contributed by atoms with Crippen molar-refractivity contribution in [2.45, 2.75) is 38.8 Å². The fraction of sp³-hybridized carbons (Fsp3) is 0.632. The number of benzene rings is 1. The normalized spacial score (nSPS) is 21.5. The number of ether oxygens (including phenoxy) is 1. The molecule has 5 nitrogen and oxygen atoms in total. The third-order valence-electron chi connectivity index (χ3n) is 4.91. The third kappa shape index (κ3) is 4.35. The molecule has 0 spiro atoms. The number of hydrogen-bond donors (Lipinski definition) is 1. The van der Waals surface area contributed by atoms with E-state index in [1.165, 1.54) is 0 Å². The molecule has 134 valence electrons. The van der Waals surface area contributed by atoms with E-state index in [0.29, 0.717) is 6.04 Å². The number of nitrogens with two attached hydrogens (primary N) is 1. The molecule has 2 atom stereocenters. The van der Waals surface area contributed by atoms with Gasteiger partial charge in [-0.05, 0) is 25.8 Å². The molecule has 2 N–H and O–H groups in total. The smallest absolute Gasteiger partial charge is 0.247 e. The summed E-state index contributed by atoms with van der Waals surface area (Å²) >= 11 is 0. The van der Waals surface area contributed by atoms with Gasteiger partial charge in [-0.2, -0.15) is 0 Å². The van der Waals surface area contributed by atoms with Crippen molar-refractivity contribution in [1.29, 1.82) is 0 Å². The number of carbonyl (C=O) groups is 1. The Morgan fingerprint density at radius 1 is 1.29 bits per heavy atom. The molecule has 1 aromatic carbocycles. The molecule has 0 saturated carbocycles. The van der Waals surface area contributed by atoms with E-state index in [0.717, 1.165) is 51.4 Å². The molecule has 0 bridgehead atoms. The molecular formula is C19H31N3O2. The molecule has 1 saturated heterocycles. The Morgan fingerprint density at radius 3 is 2.62 bits per heavy atom. The molecule has 1 aliphatic rings. The van der Waals surface area contributed by atoms with Crippen LogP contribution < -0.4 is 5.73 Å². The Bertz CT molecular complexity index is 519. The predicted octanol–water partition coefficient (Wildman–Crippen LogP) is 1.82. The lowest BCUT2D eigenvalue weighted by Crippen LogP contribution is -2.60. The molecular weight excluding hydrogens is 302 g/mol. The van der Waals surface area contributed by atoms with E-state index in [9.17, 15) is 4.79 Å². The van der Waals surface area contributed by atoms with Crippen molar-refractivity contribution in [2.75, 3.05) is 39.4 Å². The van der Waals surface area contributed by atoms with Gasteiger partial charge >= 0.3 is 0 Å². The minimum absolute atomic E-state index is 0.0107. The second-order valence-electron chi connectivity index (χ2n) is 6.61. The molecule has 1 aromatic rings. The van der Waals surface area contributed by atoms with Gasteiger partial charge in [-0.25, -0.2) is 0 Å². The Morgan fingerprint density at radius 2 is 2.00 bits per heavy atom. The maximum atomic E-state index is 13.0. The van der Waals surface area contributed by atoms with E-state index >= 15 is 0 Å². The van der Waals surface area contributed by atoms with Gasteiger partial charge in [-0.3, -0.25) is 9.69 Å². The molecule has 2 unspecified atom stereocenters. The highest BCUT2D eigenvalue weighted by Gasteiger charge is 2.37. The van der Waals surface area contributed by atoms with Crippen molar-refractivity contribution in [3.05, 3.63) is 35.9 Å². The van der Waals surface area contributed by atoms with Gasteiger partial charge in [0.25, 0.3) is 0 Å². The molecule has 24 heavy (non-hydrogen) atoms. The van der Waals surface area contributed by atoms with E-state index in [4.69, 9.17) is 10.5 Å². The first-order valence-corrected chi connectivity index (χ1v) is 8.96. The number of rotatable bonds is 7. The number of hydrogen-bond acceptors (Lipinski definition) is 4. The largest absolute Gasteiger partial charge is 0.380 e. The lowest BCUT2D eigenvalue weighted by molar-refractivity contribution is -0.140. The van der Waals surface area contributed by atoms with Crippen LogP contribution in [-0.2, 0) is 15.1 Å². The summed E-state index contributed by atoms with van der Waals surface area (Å²) in [7, 11) is 0. The van der Waals surface area contributed by atoms with Crippen molar-refractivity contribution >= 4 is 5.91 Å². The summed E-state index contributed by atoms with van der Waals surface area (Å²) in [4.78, 5) is 17.4. The SMILES string of the molecule is CCOCCN1CCN(C(=O)C(C)(N)c2ccccc2)CC1CC. The number of carbonyl (C=O) groups excluding carboxylic acids is 1. The first kappa shape index (κ1) is 18.9. The standard InChI is InChI=1S/C19H31N3O2/c1-4-17-15-22(12-11-21(17)13-14-24-5-2)18(23)19(3,20)16-9-7-6-8-10-16/h6-10,17H,4-5,11-15,20H2,1-3H3. The van der Waals surface area contributed by atoms with Gasteiger partial charge in [0, 0.05) is 38.8 Å². The average Bonchev–Trinajstić information content (AvgIpc) is 2.62. The van der Waals surface area contributed by atoms with Crippen LogP contribution in [0.3, 0.4) is 0 Å². The highest BCUT2D eigenvalue weighted by Crippen LogP contribution is 2.23. The van der Waals surface area contributed by atoms with Crippen LogP contribution in [0.2, 0.25) is 0 Å². The van der Waals surface area contributed by atoms with Gasteiger partial charge in [0.2, 0.25) is 5.91 Å².